The SMILES string of the molecule is COc1ccc(Cl)cc1S(=O)(=O)N(CC(=O)N1c2ccc(Br)cc2CC1C)Cc1ccccc1. The number of halogens is 2. The number of sulfonamides is 1. The summed E-state index contributed by atoms with van der Waals surface area (Å²) >= 11 is 9.60. The van der Waals surface area contributed by atoms with Gasteiger partial charge in [-0.15, -0.1) is 0 Å². The van der Waals surface area contributed by atoms with Gasteiger partial charge < -0.3 is 9.64 Å². The van der Waals surface area contributed by atoms with Crippen LogP contribution in [0.2, 0.25) is 5.02 Å². The van der Waals surface area contributed by atoms with Gasteiger partial charge in [0.2, 0.25) is 15.9 Å². The van der Waals surface area contributed by atoms with Crippen molar-refractivity contribution in [1.29, 1.82) is 0 Å². The molecule has 0 saturated heterocycles. The van der Waals surface area contributed by atoms with Gasteiger partial charge in [0.25, 0.3) is 0 Å². The van der Waals surface area contributed by atoms with Crippen molar-refractivity contribution < 1.29 is 17.9 Å². The third-order valence-corrected chi connectivity index (χ3v) is 8.32. The van der Waals surface area contributed by atoms with Crippen LogP contribution in [0, 0.1) is 0 Å². The number of benzene rings is 3. The van der Waals surface area contributed by atoms with Crippen molar-refractivity contribution in [2.24, 2.45) is 0 Å². The predicted molar refractivity (Wildman–Crippen MR) is 137 cm³/mol. The third-order valence-electron chi connectivity index (χ3n) is 5.78. The summed E-state index contributed by atoms with van der Waals surface area (Å²) in [5.74, 6) is -0.131. The topological polar surface area (TPSA) is 66.9 Å². The summed E-state index contributed by atoms with van der Waals surface area (Å²) in [6.07, 6.45) is 0.702. The Hall–Kier alpha value is -2.39. The van der Waals surface area contributed by atoms with Crippen LogP contribution >= 0.6 is 27.5 Å². The highest BCUT2D eigenvalue weighted by molar-refractivity contribution is 9.10. The van der Waals surface area contributed by atoms with Crippen LogP contribution in [0.1, 0.15) is 18.1 Å². The summed E-state index contributed by atoms with van der Waals surface area (Å²) < 4.78 is 35.0. The molecule has 1 aliphatic heterocycles. The number of hydrogen-bond donors (Lipinski definition) is 0. The lowest BCUT2D eigenvalue weighted by Crippen LogP contribution is -2.44. The summed E-state index contributed by atoms with van der Waals surface area (Å²) in [7, 11) is -2.72. The van der Waals surface area contributed by atoms with Crippen molar-refractivity contribution in [1.82, 2.24) is 4.31 Å². The highest BCUT2D eigenvalue weighted by Crippen LogP contribution is 2.35. The van der Waals surface area contributed by atoms with E-state index in [1.54, 1.807) is 11.0 Å². The van der Waals surface area contributed by atoms with Crippen LogP contribution in [0.15, 0.2) is 76.1 Å². The normalized spacial score (nSPS) is 15.4. The highest BCUT2D eigenvalue weighted by atomic mass is 79.9. The number of rotatable bonds is 7. The van der Waals surface area contributed by atoms with Crippen molar-refractivity contribution in [3.63, 3.8) is 0 Å². The van der Waals surface area contributed by atoms with Crippen molar-refractivity contribution in [3.8, 4) is 5.75 Å². The molecule has 0 spiro atoms. The van der Waals surface area contributed by atoms with Crippen molar-refractivity contribution in [2.75, 3.05) is 18.6 Å². The fourth-order valence-corrected chi connectivity index (χ4v) is 6.42. The number of nitrogens with zero attached hydrogens (tertiary/aromatic N) is 2. The smallest absolute Gasteiger partial charge is 0.247 e. The zero-order valence-corrected chi connectivity index (χ0v) is 21.9. The van der Waals surface area contributed by atoms with E-state index in [1.807, 2.05) is 55.5 Å². The molecule has 0 N–H and O–H groups in total. The number of anilines is 1. The van der Waals surface area contributed by atoms with Gasteiger partial charge in [0.1, 0.15) is 10.6 Å². The second-order valence-corrected chi connectivity index (χ2v) is 11.4. The van der Waals surface area contributed by atoms with E-state index in [0.717, 1.165) is 21.3 Å². The van der Waals surface area contributed by atoms with Crippen molar-refractivity contribution >= 4 is 49.1 Å². The Morgan fingerprint density at radius 3 is 2.59 bits per heavy atom. The maximum Gasteiger partial charge on any atom is 0.247 e. The lowest BCUT2D eigenvalue weighted by molar-refractivity contribution is -0.119. The Morgan fingerprint density at radius 1 is 1.15 bits per heavy atom. The standard InChI is InChI=1S/C25H24BrClN2O4S/c1-17-12-19-13-20(26)8-10-22(19)29(17)25(30)16-28(15-18-6-4-3-5-7-18)34(31,32)24-14-21(27)9-11-23(24)33-2/h3-11,13-14,17H,12,15-16H2,1-2H3. The quantitative estimate of drug-likeness (QED) is 0.392. The molecule has 4 rings (SSSR count). The minimum absolute atomic E-state index is 0.0278. The van der Waals surface area contributed by atoms with Gasteiger partial charge in [-0.2, -0.15) is 4.31 Å². The first-order valence-electron chi connectivity index (χ1n) is 10.7. The second-order valence-electron chi connectivity index (χ2n) is 8.14. The Bertz CT molecular complexity index is 1320. The largest absolute Gasteiger partial charge is 0.495 e. The van der Waals surface area contributed by atoms with E-state index in [1.165, 1.54) is 23.5 Å². The number of ether oxygens (including phenoxy) is 1. The molecule has 1 heterocycles. The van der Waals surface area contributed by atoms with Gasteiger partial charge in [-0.05, 0) is 60.9 Å². The predicted octanol–water partition coefficient (Wildman–Crippen LogP) is 5.28. The number of carbonyl (C=O) groups is 1. The Kier molecular flexibility index (Phi) is 7.33. The molecule has 6 nitrogen and oxygen atoms in total. The molecule has 1 amide bonds. The summed E-state index contributed by atoms with van der Waals surface area (Å²) in [5, 5.41) is 0.262. The van der Waals surface area contributed by atoms with E-state index < -0.39 is 10.0 Å². The van der Waals surface area contributed by atoms with Crippen molar-refractivity contribution in [3.05, 3.63) is 87.4 Å². The van der Waals surface area contributed by atoms with Crippen LogP contribution in [0.25, 0.3) is 0 Å². The third kappa shape index (κ3) is 5.00. The maximum atomic E-state index is 13.8. The second kappa shape index (κ2) is 10.1. The Labute approximate surface area is 213 Å². The molecule has 0 saturated carbocycles. The van der Waals surface area contributed by atoms with Crippen LogP contribution in [-0.2, 0) is 27.8 Å². The molecule has 3 aromatic carbocycles. The van der Waals surface area contributed by atoms with Gasteiger partial charge >= 0.3 is 0 Å². The summed E-state index contributed by atoms with van der Waals surface area (Å²) in [5.41, 5.74) is 2.61. The van der Waals surface area contributed by atoms with Gasteiger partial charge in [0.05, 0.1) is 13.7 Å². The molecular weight excluding hydrogens is 540 g/mol. The number of hydrogen-bond acceptors (Lipinski definition) is 4. The molecule has 34 heavy (non-hydrogen) atoms. The fourth-order valence-electron chi connectivity index (χ4n) is 4.21. The lowest BCUT2D eigenvalue weighted by atomic mass is 10.1. The van der Waals surface area contributed by atoms with Gasteiger partial charge in [-0.25, -0.2) is 8.42 Å². The van der Waals surface area contributed by atoms with E-state index in [9.17, 15) is 13.2 Å². The molecule has 1 aliphatic rings. The van der Waals surface area contributed by atoms with Crippen LogP contribution in [0.4, 0.5) is 5.69 Å². The fraction of sp³-hybridized carbons (Fsp3) is 0.240. The molecule has 0 radical (unpaired) electrons. The first-order valence-corrected chi connectivity index (χ1v) is 13.3. The summed E-state index contributed by atoms with van der Waals surface area (Å²) in [4.78, 5) is 15.2. The number of fused-ring (bicyclic) bond motifs is 1. The van der Waals surface area contributed by atoms with Crippen LogP contribution < -0.4 is 9.64 Å². The number of amides is 1. The van der Waals surface area contributed by atoms with Crippen LogP contribution in [-0.4, -0.2) is 38.3 Å². The average molecular weight is 564 g/mol. The lowest BCUT2D eigenvalue weighted by Gasteiger charge is -2.28. The van der Waals surface area contributed by atoms with Gasteiger partial charge in [0, 0.05) is 27.8 Å². The van der Waals surface area contributed by atoms with E-state index in [0.29, 0.717) is 6.42 Å². The van der Waals surface area contributed by atoms with Crippen LogP contribution in [0.3, 0.4) is 0 Å². The zero-order valence-electron chi connectivity index (χ0n) is 18.7. The molecule has 0 bridgehead atoms. The monoisotopic (exact) mass is 562 g/mol. The first kappa shape index (κ1) is 24.7. The highest BCUT2D eigenvalue weighted by Gasteiger charge is 2.35. The van der Waals surface area contributed by atoms with E-state index in [-0.39, 0.29) is 40.7 Å². The first-order chi connectivity index (χ1) is 16.2. The number of methoxy groups -OCH3 is 1. The summed E-state index contributed by atoms with van der Waals surface area (Å²) in [6.45, 7) is 1.66. The summed E-state index contributed by atoms with van der Waals surface area (Å²) in [6, 6.07) is 19.3. The van der Waals surface area contributed by atoms with E-state index in [4.69, 9.17) is 16.3 Å². The minimum atomic E-state index is -4.12. The molecule has 0 aliphatic carbocycles. The molecule has 3 aromatic rings. The van der Waals surface area contributed by atoms with E-state index in [2.05, 4.69) is 15.9 Å². The molecule has 9 heteroatoms. The maximum absolute atomic E-state index is 13.8. The molecule has 0 fully saturated rings. The Morgan fingerprint density at radius 2 is 1.88 bits per heavy atom. The van der Waals surface area contributed by atoms with Gasteiger partial charge in [-0.1, -0.05) is 57.9 Å². The number of carbonyl (C=O) groups excluding carboxylic acids is 1. The zero-order chi connectivity index (χ0) is 24.5. The average Bonchev–Trinajstić information content (AvgIpc) is 3.14. The molecule has 178 valence electrons. The molecule has 1 unspecified atom stereocenters. The van der Waals surface area contributed by atoms with E-state index >= 15 is 0 Å². The molecule has 1 atom stereocenters. The van der Waals surface area contributed by atoms with Gasteiger partial charge in [-0.3, -0.25) is 4.79 Å². The van der Waals surface area contributed by atoms with Crippen LogP contribution in [0.5, 0.6) is 5.75 Å². The Balaban J connectivity index is 1.72. The van der Waals surface area contributed by atoms with Crippen molar-refractivity contribution in [2.45, 2.75) is 30.8 Å². The molecular formula is C25H24BrClN2O4S. The minimum Gasteiger partial charge on any atom is -0.495 e. The molecule has 0 aromatic heterocycles. The van der Waals surface area contributed by atoms with Gasteiger partial charge in [0.15, 0.2) is 0 Å².